The lowest BCUT2D eigenvalue weighted by molar-refractivity contribution is 0.310. The number of hydrogen-bond acceptors (Lipinski definition) is 3. The van der Waals surface area contributed by atoms with Crippen LogP contribution in [0.5, 0.6) is 11.5 Å². The second-order valence-corrected chi connectivity index (χ2v) is 4.04. The van der Waals surface area contributed by atoms with Crippen molar-refractivity contribution in [2.75, 3.05) is 13.7 Å². The molecule has 0 aromatic heterocycles. The number of nitrogens with zero attached hydrogens (tertiary/aromatic N) is 1. The summed E-state index contributed by atoms with van der Waals surface area (Å²) in [5, 5.41) is 9.07. The predicted octanol–water partition coefficient (Wildman–Crippen LogP) is 2.90. The molecule has 0 amide bonds. The quantitative estimate of drug-likeness (QED) is 0.782. The molecule has 0 aliphatic heterocycles. The van der Waals surface area contributed by atoms with Crippen molar-refractivity contribution in [3.05, 3.63) is 23.8 Å². The van der Waals surface area contributed by atoms with Gasteiger partial charge in [-0.1, -0.05) is 6.07 Å². The van der Waals surface area contributed by atoms with E-state index < -0.39 is 5.41 Å². The van der Waals surface area contributed by atoms with Crippen molar-refractivity contribution < 1.29 is 9.47 Å². The number of hydrogen-bond donors (Lipinski definition) is 0. The molecule has 0 fully saturated rings. The first-order valence-electron chi connectivity index (χ1n) is 5.27. The minimum Gasteiger partial charge on any atom is -0.493 e. The number of ether oxygens (including phenoxy) is 2. The monoisotopic (exact) mass is 219 g/mol. The van der Waals surface area contributed by atoms with Crippen molar-refractivity contribution in [2.24, 2.45) is 0 Å². The van der Waals surface area contributed by atoms with Crippen molar-refractivity contribution >= 4 is 0 Å². The summed E-state index contributed by atoms with van der Waals surface area (Å²) >= 11 is 0. The lowest BCUT2D eigenvalue weighted by atomic mass is 9.86. The van der Waals surface area contributed by atoms with Gasteiger partial charge in [-0.2, -0.15) is 5.26 Å². The second-order valence-electron chi connectivity index (χ2n) is 4.04. The van der Waals surface area contributed by atoms with Gasteiger partial charge in [-0.05, 0) is 38.5 Å². The van der Waals surface area contributed by atoms with E-state index in [1.54, 1.807) is 7.11 Å². The lowest BCUT2D eigenvalue weighted by Crippen LogP contribution is -2.14. The van der Waals surface area contributed by atoms with Crippen LogP contribution in [0.1, 0.15) is 26.3 Å². The first-order valence-corrected chi connectivity index (χ1v) is 5.27. The van der Waals surface area contributed by atoms with Crippen molar-refractivity contribution in [2.45, 2.75) is 26.2 Å². The molecule has 0 atom stereocenters. The lowest BCUT2D eigenvalue weighted by Gasteiger charge is -2.18. The Hall–Kier alpha value is -1.69. The van der Waals surface area contributed by atoms with Gasteiger partial charge in [-0.15, -0.1) is 0 Å². The summed E-state index contributed by atoms with van der Waals surface area (Å²) in [6, 6.07) is 7.86. The van der Waals surface area contributed by atoms with Crippen LogP contribution in [0.3, 0.4) is 0 Å². The third-order valence-electron chi connectivity index (χ3n) is 2.46. The summed E-state index contributed by atoms with van der Waals surface area (Å²) in [5.41, 5.74) is 0.414. The fourth-order valence-electron chi connectivity index (χ4n) is 1.40. The normalized spacial score (nSPS) is 10.7. The van der Waals surface area contributed by atoms with Gasteiger partial charge < -0.3 is 9.47 Å². The number of nitriles is 1. The maximum Gasteiger partial charge on any atom is 0.161 e. The molecular formula is C13H17NO2. The average molecular weight is 219 g/mol. The maximum atomic E-state index is 9.07. The van der Waals surface area contributed by atoms with Gasteiger partial charge in [0.2, 0.25) is 0 Å². The molecule has 0 radical (unpaired) electrons. The Kier molecular flexibility index (Phi) is 3.78. The third kappa shape index (κ3) is 2.46. The Morgan fingerprint density at radius 3 is 2.50 bits per heavy atom. The van der Waals surface area contributed by atoms with E-state index in [4.69, 9.17) is 14.7 Å². The molecule has 0 saturated heterocycles. The Bertz CT molecular complexity index is 405. The van der Waals surface area contributed by atoms with Crippen molar-refractivity contribution in [1.29, 1.82) is 5.26 Å². The Labute approximate surface area is 96.6 Å². The van der Waals surface area contributed by atoms with Crippen LogP contribution < -0.4 is 9.47 Å². The number of methoxy groups -OCH3 is 1. The van der Waals surface area contributed by atoms with Crippen LogP contribution in [-0.2, 0) is 5.41 Å². The molecule has 0 unspecified atom stereocenters. The molecule has 0 bridgehead atoms. The highest BCUT2D eigenvalue weighted by Gasteiger charge is 2.21. The summed E-state index contributed by atoms with van der Waals surface area (Å²) in [6.45, 7) is 6.25. The second kappa shape index (κ2) is 4.89. The molecule has 0 aliphatic rings. The van der Waals surface area contributed by atoms with Crippen LogP contribution in [0.4, 0.5) is 0 Å². The fourth-order valence-corrected chi connectivity index (χ4v) is 1.40. The van der Waals surface area contributed by atoms with Gasteiger partial charge in [0.1, 0.15) is 0 Å². The summed E-state index contributed by atoms with van der Waals surface area (Å²) in [5.74, 6) is 1.38. The third-order valence-corrected chi connectivity index (χ3v) is 2.46. The Balaban J connectivity index is 3.17. The van der Waals surface area contributed by atoms with Crippen molar-refractivity contribution in [3.63, 3.8) is 0 Å². The molecule has 3 nitrogen and oxygen atoms in total. The van der Waals surface area contributed by atoms with E-state index in [0.717, 1.165) is 5.56 Å². The highest BCUT2D eigenvalue weighted by molar-refractivity contribution is 5.46. The van der Waals surface area contributed by atoms with Crippen LogP contribution in [0.25, 0.3) is 0 Å². The SMILES string of the molecule is CCOc1cc(C(C)(C)C#N)ccc1OC. The number of rotatable bonds is 4. The molecule has 0 heterocycles. The largest absolute Gasteiger partial charge is 0.493 e. The molecule has 86 valence electrons. The van der Waals surface area contributed by atoms with Crippen LogP contribution in [0, 0.1) is 11.3 Å². The zero-order valence-electron chi connectivity index (χ0n) is 10.2. The molecular weight excluding hydrogens is 202 g/mol. The molecule has 0 saturated carbocycles. The first-order chi connectivity index (χ1) is 7.55. The minimum atomic E-state index is -0.516. The molecule has 3 heteroatoms. The van der Waals surface area contributed by atoms with Crippen LogP contribution in [0.2, 0.25) is 0 Å². The van der Waals surface area contributed by atoms with Crippen LogP contribution >= 0.6 is 0 Å². The van der Waals surface area contributed by atoms with Gasteiger partial charge in [0.25, 0.3) is 0 Å². The molecule has 1 aromatic rings. The van der Waals surface area contributed by atoms with Crippen molar-refractivity contribution in [3.8, 4) is 17.6 Å². The fraction of sp³-hybridized carbons (Fsp3) is 0.462. The Morgan fingerprint density at radius 2 is 2.00 bits per heavy atom. The topological polar surface area (TPSA) is 42.2 Å². The van der Waals surface area contributed by atoms with Gasteiger partial charge in [0.05, 0.1) is 25.2 Å². The zero-order chi connectivity index (χ0) is 12.2. The van der Waals surface area contributed by atoms with E-state index in [-0.39, 0.29) is 0 Å². The van der Waals surface area contributed by atoms with Gasteiger partial charge in [-0.25, -0.2) is 0 Å². The smallest absolute Gasteiger partial charge is 0.161 e. The molecule has 0 spiro atoms. The van der Waals surface area contributed by atoms with Gasteiger partial charge in [0.15, 0.2) is 11.5 Å². The summed E-state index contributed by atoms with van der Waals surface area (Å²) in [4.78, 5) is 0. The Morgan fingerprint density at radius 1 is 1.31 bits per heavy atom. The van der Waals surface area contributed by atoms with Crippen LogP contribution in [0.15, 0.2) is 18.2 Å². The van der Waals surface area contributed by atoms with E-state index in [1.807, 2.05) is 39.0 Å². The summed E-state index contributed by atoms with van der Waals surface area (Å²) in [7, 11) is 1.60. The summed E-state index contributed by atoms with van der Waals surface area (Å²) in [6.07, 6.45) is 0. The van der Waals surface area contributed by atoms with E-state index in [9.17, 15) is 0 Å². The zero-order valence-corrected chi connectivity index (χ0v) is 10.2. The molecule has 1 rings (SSSR count). The highest BCUT2D eigenvalue weighted by Crippen LogP contribution is 2.32. The van der Waals surface area contributed by atoms with Gasteiger partial charge in [0, 0.05) is 0 Å². The standard InChI is InChI=1S/C13H17NO2/c1-5-16-12-8-10(13(2,3)9-14)6-7-11(12)15-4/h6-8H,5H2,1-4H3. The van der Waals surface area contributed by atoms with E-state index >= 15 is 0 Å². The summed E-state index contributed by atoms with van der Waals surface area (Å²) < 4.78 is 10.7. The molecule has 0 aliphatic carbocycles. The molecule has 0 N–H and O–H groups in total. The maximum absolute atomic E-state index is 9.07. The van der Waals surface area contributed by atoms with E-state index in [0.29, 0.717) is 18.1 Å². The average Bonchev–Trinajstić information content (AvgIpc) is 2.29. The first kappa shape index (κ1) is 12.4. The van der Waals surface area contributed by atoms with Crippen molar-refractivity contribution in [1.82, 2.24) is 0 Å². The highest BCUT2D eigenvalue weighted by atomic mass is 16.5. The minimum absolute atomic E-state index is 0.516. The van der Waals surface area contributed by atoms with E-state index in [1.165, 1.54) is 0 Å². The van der Waals surface area contributed by atoms with E-state index in [2.05, 4.69) is 6.07 Å². The predicted molar refractivity (Wildman–Crippen MR) is 62.8 cm³/mol. The number of benzene rings is 1. The molecule has 16 heavy (non-hydrogen) atoms. The van der Waals surface area contributed by atoms with Gasteiger partial charge >= 0.3 is 0 Å². The molecule has 1 aromatic carbocycles. The van der Waals surface area contributed by atoms with Gasteiger partial charge in [-0.3, -0.25) is 0 Å². The van der Waals surface area contributed by atoms with Crippen LogP contribution in [-0.4, -0.2) is 13.7 Å².